The van der Waals surface area contributed by atoms with Gasteiger partial charge in [0.1, 0.15) is 0 Å². The summed E-state index contributed by atoms with van der Waals surface area (Å²) in [5.74, 6) is -0.694. The molecular formula is C11H18N2O2. The van der Waals surface area contributed by atoms with E-state index in [0.717, 1.165) is 0 Å². The van der Waals surface area contributed by atoms with Gasteiger partial charge in [0.15, 0.2) is 0 Å². The van der Waals surface area contributed by atoms with E-state index in [2.05, 4.69) is 9.98 Å². The minimum atomic E-state index is -1.62. The SMILES string of the molecule is [3H]C([3H])C(CCN=C=O)CC(CN=C=O)(C([3H])[3H])C([3H])[3H]. The van der Waals surface area contributed by atoms with Gasteiger partial charge in [-0.05, 0) is 24.2 Å². The highest BCUT2D eigenvalue weighted by molar-refractivity contribution is 5.33. The number of rotatable bonds is 7. The zero-order valence-corrected chi connectivity index (χ0v) is 8.35. The maximum absolute atomic E-state index is 10.3. The minimum absolute atomic E-state index is 0.0385. The summed E-state index contributed by atoms with van der Waals surface area (Å²) in [7, 11) is 0. The summed E-state index contributed by atoms with van der Waals surface area (Å²) in [6.07, 6.45) is 2.63. The van der Waals surface area contributed by atoms with Gasteiger partial charge in [-0.15, -0.1) is 0 Å². The first-order valence-corrected chi connectivity index (χ1v) is 4.42. The van der Waals surface area contributed by atoms with Crippen molar-refractivity contribution in [1.82, 2.24) is 0 Å². The van der Waals surface area contributed by atoms with E-state index in [9.17, 15) is 9.59 Å². The van der Waals surface area contributed by atoms with Crippen LogP contribution in [0.2, 0.25) is 0 Å². The molecule has 0 saturated carbocycles. The Morgan fingerprint density at radius 2 is 2.07 bits per heavy atom. The molecule has 1 atom stereocenters. The molecule has 0 aliphatic carbocycles. The van der Waals surface area contributed by atoms with Gasteiger partial charge in [0, 0.05) is 8.22 Å². The Morgan fingerprint density at radius 1 is 1.33 bits per heavy atom. The lowest BCUT2D eigenvalue weighted by atomic mass is 9.82. The number of nitrogens with zero attached hydrogens (tertiary/aromatic N) is 2. The monoisotopic (exact) mass is 222 g/mol. The molecule has 0 aromatic carbocycles. The average molecular weight is 222 g/mol. The summed E-state index contributed by atoms with van der Waals surface area (Å²) >= 11 is 0. The van der Waals surface area contributed by atoms with E-state index < -0.39 is 38.5 Å². The van der Waals surface area contributed by atoms with Crippen LogP contribution in [-0.4, -0.2) is 25.2 Å². The molecule has 0 radical (unpaired) electrons. The van der Waals surface area contributed by atoms with E-state index >= 15 is 0 Å². The number of isocyanates is 2. The molecule has 0 bridgehead atoms. The Balaban J connectivity index is 5.28. The van der Waals surface area contributed by atoms with Crippen LogP contribution in [0, 0.1) is 11.3 Å². The molecule has 15 heavy (non-hydrogen) atoms. The molecule has 0 saturated heterocycles. The van der Waals surface area contributed by atoms with Crippen LogP contribution in [0.1, 0.15) is 41.7 Å². The third-order valence-corrected chi connectivity index (χ3v) is 1.76. The molecule has 0 amide bonds. The molecule has 0 aromatic heterocycles. The standard InChI is InChI=1S/C11H18N2O2/c1-10(4-5-12-8-14)6-11(2,3)7-13-9-15/h10H,4-7H2,1-3H3/i1T2,2T2,3T2. The van der Waals surface area contributed by atoms with E-state index in [0.29, 0.717) is 0 Å². The van der Waals surface area contributed by atoms with E-state index in [-0.39, 0.29) is 19.4 Å². The molecule has 0 aromatic rings. The van der Waals surface area contributed by atoms with E-state index in [1.54, 1.807) is 0 Å². The molecule has 0 heterocycles. The Morgan fingerprint density at radius 3 is 2.60 bits per heavy atom. The first-order valence-electron chi connectivity index (χ1n) is 7.89. The molecule has 0 fully saturated rings. The first-order chi connectivity index (χ1) is 9.81. The van der Waals surface area contributed by atoms with Crippen molar-refractivity contribution in [2.75, 3.05) is 13.1 Å². The van der Waals surface area contributed by atoms with Crippen LogP contribution in [0.15, 0.2) is 9.98 Å². The van der Waals surface area contributed by atoms with Crippen molar-refractivity contribution in [3.63, 3.8) is 0 Å². The fraction of sp³-hybridized carbons (Fsp3) is 0.818. The third kappa shape index (κ3) is 7.80. The van der Waals surface area contributed by atoms with Gasteiger partial charge in [-0.3, -0.25) is 0 Å². The normalized spacial score (nSPS) is 18.9. The van der Waals surface area contributed by atoms with Gasteiger partial charge >= 0.3 is 0 Å². The second-order valence-electron chi connectivity index (χ2n) is 3.37. The zero-order valence-electron chi connectivity index (χ0n) is 14.3. The molecule has 0 rings (SSSR count). The highest BCUT2D eigenvalue weighted by Gasteiger charge is 2.20. The Bertz CT molecular complexity index is 398. The van der Waals surface area contributed by atoms with Crippen LogP contribution >= 0.6 is 0 Å². The lowest BCUT2D eigenvalue weighted by Crippen LogP contribution is -2.19. The van der Waals surface area contributed by atoms with Gasteiger partial charge in [0.05, 0.1) is 13.1 Å². The number of aliphatic imine (C=N–C) groups is 2. The summed E-state index contributed by atoms with van der Waals surface area (Å²) < 4.78 is 45.2. The van der Waals surface area contributed by atoms with Gasteiger partial charge < -0.3 is 0 Å². The fourth-order valence-corrected chi connectivity index (χ4v) is 1.11. The molecule has 84 valence electrons. The van der Waals surface area contributed by atoms with Crippen molar-refractivity contribution in [2.24, 2.45) is 21.3 Å². The topological polar surface area (TPSA) is 58.9 Å². The summed E-state index contributed by atoms with van der Waals surface area (Å²) in [5.41, 5.74) is -1.59. The van der Waals surface area contributed by atoms with E-state index in [1.165, 1.54) is 12.2 Å². The molecular weight excluding hydrogens is 192 g/mol. The number of hydrogen-bond donors (Lipinski definition) is 0. The Hall–Kier alpha value is -1.24. The van der Waals surface area contributed by atoms with Crippen LogP contribution in [0.25, 0.3) is 0 Å². The highest BCUT2D eigenvalue weighted by Crippen LogP contribution is 2.27. The van der Waals surface area contributed by atoms with Crippen molar-refractivity contribution in [3.05, 3.63) is 0 Å². The summed E-state index contributed by atoms with van der Waals surface area (Å²) in [4.78, 5) is 26.9. The van der Waals surface area contributed by atoms with Crippen molar-refractivity contribution in [2.45, 2.75) is 33.5 Å². The van der Waals surface area contributed by atoms with Gasteiger partial charge in [-0.1, -0.05) is 20.6 Å². The minimum Gasteiger partial charge on any atom is -0.211 e. The van der Waals surface area contributed by atoms with E-state index in [1.807, 2.05) is 0 Å². The van der Waals surface area contributed by atoms with Gasteiger partial charge in [-0.25, -0.2) is 19.6 Å². The fourth-order valence-electron chi connectivity index (χ4n) is 1.11. The lowest BCUT2D eigenvalue weighted by Gasteiger charge is -2.25. The second kappa shape index (κ2) is 7.10. The van der Waals surface area contributed by atoms with E-state index in [4.69, 9.17) is 8.22 Å². The van der Waals surface area contributed by atoms with Crippen LogP contribution in [0.4, 0.5) is 0 Å². The van der Waals surface area contributed by atoms with Gasteiger partial charge in [0.25, 0.3) is 0 Å². The predicted octanol–water partition coefficient (Wildman–Crippen LogP) is 2.10. The predicted molar refractivity (Wildman–Crippen MR) is 58.2 cm³/mol. The molecule has 0 spiro atoms. The van der Waals surface area contributed by atoms with Crippen molar-refractivity contribution >= 4 is 12.2 Å². The van der Waals surface area contributed by atoms with Crippen molar-refractivity contribution in [3.8, 4) is 0 Å². The van der Waals surface area contributed by atoms with Crippen LogP contribution < -0.4 is 0 Å². The van der Waals surface area contributed by atoms with Crippen LogP contribution in [-0.2, 0) is 9.59 Å². The quantitative estimate of drug-likeness (QED) is 0.489. The molecule has 0 N–H and O–H groups in total. The summed E-state index contributed by atoms with van der Waals surface area (Å²) in [6, 6.07) is 0. The molecule has 0 aliphatic rings. The first kappa shape index (κ1) is 6.37. The van der Waals surface area contributed by atoms with Gasteiger partial charge in [-0.2, -0.15) is 0 Å². The summed E-state index contributed by atoms with van der Waals surface area (Å²) in [5, 5.41) is 0. The maximum atomic E-state index is 10.3. The Kier molecular flexibility index (Phi) is 3.02. The van der Waals surface area contributed by atoms with Crippen LogP contribution in [0.5, 0.6) is 0 Å². The van der Waals surface area contributed by atoms with Gasteiger partial charge in [0.2, 0.25) is 12.2 Å². The smallest absolute Gasteiger partial charge is 0.211 e. The summed E-state index contributed by atoms with van der Waals surface area (Å²) in [6.45, 7) is -4.93. The average Bonchev–Trinajstić information content (AvgIpc) is 2.40. The number of hydrogen-bond acceptors (Lipinski definition) is 4. The third-order valence-electron chi connectivity index (χ3n) is 1.76. The zero-order chi connectivity index (χ0) is 16.5. The highest BCUT2D eigenvalue weighted by atomic mass is 16.1. The molecule has 0 aliphatic heterocycles. The van der Waals surface area contributed by atoms with Crippen molar-refractivity contribution in [1.29, 1.82) is 0 Å². The van der Waals surface area contributed by atoms with Crippen LogP contribution in [0.3, 0.4) is 0 Å². The molecule has 4 nitrogen and oxygen atoms in total. The molecule has 4 heteroatoms. The number of carbonyl (C=O) groups excluding carboxylic acids is 2. The largest absolute Gasteiger partial charge is 0.234 e. The van der Waals surface area contributed by atoms with Crippen molar-refractivity contribution < 1.29 is 17.8 Å². The Labute approximate surface area is 98.9 Å². The maximum Gasteiger partial charge on any atom is 0.234 e. The lowest BCUT2D eigenvalue weighted by molar-refractivity contribution is 0.280. The second-order valence-corrected chi connectivity index (χ2v) is 3.37. The molecule has 1 unspecified atom stereocenters.